The molecule has 7 heteroatoms. The molecule has 2 N–H and O–H groups in total. The van der Waals surface area contributed by atoms with Crippen molar-refractivity contribution in [2.45, 2.75) is 25.4 Å². The van der Waals surface area contributed by atoms with Gasteiger partial charge in [0.2, 0.25) is 5.91 Å². The first-order valence-electron chi connectivity index (χ1n) is 9.51. The average molecular weight is 388 g/mol. The second-order valence-corrected chi connectivity index (χ2v) is 8.19. The maximum Gasteiger partial charge on any atom is 0.227 e. The predicted molar refractivity (Wildman–Crippen MR) is 107 cm³/mol. The quantitative estimate of drug-likeness (QED) is 0.847. The van der Waals surface area contributed by atoms with E-state index in [0.717, 1.165) is 55.0 Å². The van der Waals surface area contributed by atoms with Crippen molar-refractivity contribution >= 4 is 17.5 Å². The Morgan fingerprint density at radius 2 is 2.04 bits per heavy atom. The zero-order valence-electron chi connectivity index (χ0n) is 15.8. The molecule has 1 saturated heterocycles. The lowest BCUT2D eigenvalue weighted by Gasteiger charge is -2.37. The van der Waals surface area contributed by atoms with Crippen LogP contribution in [0.25, 0.3) is 11.3 Å². The van der Waals surface area contributed by atoms with Gasteiger partial charge in [0, 0.05) is 60.5 Å². The van der Waals surface area contributed by atoms with E-state index in [-0.39, 0.29) is 11.8 Å². The summed E-state index contributed by atoms with van der Waals surface area (Å²) in [7, 11) is 4.16. The van der Waals surface area contributed by atoms with Crippen molar-refractivity contribution in [2.75, 3.05) is 33.7 Å². The average Bonchev–Trinajstić information content (AvgIpc) is 3.11. The van der Waals surface area contributed by atoms with Gasteiger partial charge in [0.05, 0.1) is 11.6 Å². The van der Waals surface area contributed by atoms with Crippen molar-refractivity contribution in [1.29, 1.82) is 0 Å². The molecule has 27 heavy (non-hydrogen) atoms. The summed E-state index contributed by atoms with van der Waals surface area (Å²) in [6.45, 7) is 3.08. The minimum absolute atomic E-state index is 0.0404. The van der Waals surface area contributed by atoms with Crippen LogP contribution in [0.4, 0.5) is 0 Å². The molecule has 2 atom stereocenters. The third-order valence-corrected chi connectivity index (χ3v) is 6.02. The molecular formula is C20H26ClN5O. The first kappa shape index (κ1) is 18.5. The smallest absolute Gasteiger partial charge is 0.227 e. The van der Waals surface area contributed by atoms with Crippen LogP contribution in [0, 0.1) is 5.92 Å². The summed E-state index contributed by atoms with van der Waals surface area (Å²) in [4.78, 5) is 17.4. The van der Waals surface area contributed by atoms with Crippen molar-refractivity contribution in [3.63, 3.8) is 0 Å². The minimum atomic E-state index is 0.0404. The van der Waals surface area contributed by atoms with Gasteiger partial charge in [-0.3, -0.25) is 9.89 Å². The van der Waals surface area contributed by atoms with Gasteiger partial charge in [0.25, 0.3) is 0 Å². The summed E-state index contributed by atoms with van der Waals surface area (Å²) in [5.41, 5.74) is 4.21. The Balaban J connectivity index is 1.52. The molecule has 0 radical (unpaired) electrons. The lowest BCUT2D eigenvalue weighted by Crippen LogP contribution is -2.51. The van der Waals surface area contributed by atoms with Crippen LogP contribution in [0.2, 0.25) is 5.02 Å². The number of aromatic amines is 1. The van der Waals surface area contributed by atoms with Crippen molar-refractivity contribution in [3.8, 4) is 11.3 Å². The fourth-order valence-electron chi connectivity index (χ4n) is 4.09. The van der Waals surface area contributed by atoms with E-state index in [1.807, 2.05) is 29.2 Å². The summed E-state index contributed by atoms with van der Waals surface area (Å²) in [6.07, 6.45) is 1.73. The van der Waals surface area contributed by atoms with Gasteiger partial charge in [0.1, 0.15) is 0 Å². The molecule has 0 spiro atoms. The Kier molecular flexibility index (Phi) is 5.21. The number of nitrogens with one attached hydrogen (secondary N) is 2. The number of hydrogen-bond donors (Lipinski definition) is 2. The highest BCUT2D eigenvalue weighted by molar-refractivity contribution is 6.30. The van der Waals surface area contributed by atoms with Crippen LogP contribution in [-0.4, -0.2) is 65.7 Å². The van der Waals surface area contributed by atoms with E-state index in [1.54, 1.807) is 0 Å². The van der Waals surface area contributed by atoms with Crippen molar-refractivity contribution in [1.82, 2.24) is 25.3 Å². The van der Waals surface area contributed by atoms with E-state index < -0.39 is 0 Å². The maximum atomic E-state index is 13.2. The van der Waals surface area contributed by atoms with Gasteiger partial charge in [0.15, 0.2) is 0 Å². The standard InChI is InChI=1S/C20H26ClN5O/c1-25(2)16-9-14(10-22-11-16)20(27)26-8-7-18-17(12-26)19(24-23-18)13-3-5-15(21)6-4-13/h3-6,14,16,22H,7-12H2,1-2H3,(H,23,24). The SMILES string of the molecule is CN(C)C1CNCC(C(=O)N2CCc3[nH]nc(-c4ccc(Cl)cc4)c3C2)C1. The van der Waals surface area contributed by atoms with Crippen molar-refractivity contribution < 1.29 is 4.79 Å². The normalized spacial score (nSPS) is 22.7. The van der Waals surface area contributed by atoms with E-state index in [9.17, 15) is 4.79 Å². The number of hydrogen-bond acceptors (Lipinski definition) is 4. The number of aromatic nitrogens is 2. The number of halogens is 1. The maximum absolute atomic E-state index is 13.2. The first-order chi connectivity index (χ1) is 13.0. The molecular weight excluding hydrogens is 362 g/mol. The monoisotopic (exact) mass is 387 g/mol. The van der Waals surface area contributed by atoms with E-state index >= 15 is 0 Å². The van der Waals surface area contributed by atoms with E-state index in [1.165, 1.54) is 0 Å². The highest BCUT2D eigenvalue weighted by Gasteiger charge is 2.33. The van der Waals surface area contributed by atoms with Crippen LogP contribution >= 0.6 is 11.6 Å². The molecule has 2 aromatic rings. The van der Waals surface area contributed by atoms with Gasteiger partial charge < -0.3 is 15.1 Å². The molecule has 1 fully saturated rings. The van der Waals surface area contributed by atoms with E-state index in [4.69, 9.17) is 11.6 Å². The van der Waals surface area contributed by atoms with Gasteiger partial charge >= 0.3 is 0 Å². The van der Waals surface area contributed by atoms with Crippen molar-refractivity contribution in [2.24, 2.45) is 5.92 Å². The number of nitrogens with zero attached hydrogens (tertiary/aromatic N) is 3. The number of amides is 1. The number of likely N-dealkylation sites (N-methyl/N-ethyl adjacent to an activating group) is 1. The summed E-state index contributed by atoms with van der Waals surface area (Å²) in [6, 6.07) is 8.11. The number of rotatable bonds is 3. The highest BCUT2D eigenvalue weighted by atomic mass is 35.5. The second-order valence-electron chi connectivity index (χ2n) is 7.75. The zero-order valence-corrected chi connectivity index (χ0v) is 16.6. The Bertz CT molecular complexity index is 816. The summed E-state index contributed by atoms with van der Waals surface area (Å²) < 4.78 is 0. The highest BCUT2D eigenvalue weighted by Crippen LogP contribution is 2.30. The molecule has 2 aliphatic heterocycles. The molecule has 4 rings (SSSR count). The van der Waals surface area contributed by atoms with Crippen LogP contribution in [0.15, 0.2) is 24.3 Å². The zero-order chi connectivity index (χ0) is 19.0. The summed E-state index contributed by atoms with van der Waals surface area (Å²) in [5.74, 6) is 0.293. The molecule has 0 saturated carbocycles. The molecule has 1 amide bonds. The predicted octanol–water partition coefficient (Wildman–Crippen LogP) is 2.15. The lowest BCUT2D eigenvalue weighted by atomic mass is 9.92. The molecule has 2 unspecified atom stereocenters. The topological polar surface area (TPSA) is 64.3 Å². The molecule has 1 aromatic carbocycles. The summed E-state index contributed by atoms with van der Waals surface area (Å²) >= 11 is 6.01. The Hall–Kier alpha value is -1.89. The Morgan fingerprint density at radius 3 is 2.78 bits per heavy atom. The van der Waals surface area contributed by atoms with Crippen LogP contribution in [0.5, 0.6) is 0 Å². The van der Waals surface area contributed by atoms with Gasteiger partial charge in [-0.1, -0.05) is 23.7 Å². The van der Waals surface area contributed by atoms with Gasteiger partial charge in [-0.05, 0) is 32.6 Å². The molecule has 2 aliphatic rings. The molecule has 1 aromatic heterocycles. The number of H-pyrrole nitrogens is 1. The summed E-state index contributed by atoms with van der Waals surface area (Å²) in [5, 5.41) is 11.8. The van der Waals surface area contributed by atoms with Crippen LogP contribution in [0.1, 0.15) is 17.7 Å². The second kappa shape index (κ2) is 7.62. The Labute approximate surface area is 164 Å². The minimum Gasteiger partial charge on any atom is -0.338 e. The van der Waals surface area contributed by atoms with Crippen LogP contribution in [-0.2, 0) is 17.8 Å². The largest absolute Gasteiger partial charge is 0.338 e. The Morgan fingerprint density at radius 1 is 1.26 bits per heavy atom. The van der Waals surface area contributed by atoms with Crippen LogP contribution < -0.4 is 5.32 Å². The molecule has 144 valence electrons. The third-order valence-electron chi connectivity index (χ3n) is 5.77. The number of carbonyl (C=O) groups is 1. The molecule has 0 aliphatic carbocycles. The molecule has 6 nitrogen and oxygen atoms in total. The number of piperidine rings is 1. The van der Waals surface area contributed by atoms with Gasteiger partial charge in [-0.2, -0.15) is 5.10 Å². The first-order valence-corrected chi connectivity index (χ1v) is 9.88. The van der Waals surface area contributed by atoms with E-state index in [2.05, 4.69) is 34.5 Å². The van der Waals surface area contributed by atoms with Crippen molar-refractivity contribution in [3.05, 3.63) is 40.5 Å². The van der Waals surface area contributed by atoms with Crippen LogP contribution in [0.3, 0.4) is 0 Å². The number of carbonyl (C=O) groups excluding carboxylic acids is 1. The fourth-order valence-corrected chi connectivity index (χ4v) is 4.21. The lowest BCUT2D eigenvalue weighted by molar-refractivity contribution is -0.137. The third kappa shape index (κ3) is 3.74. The van der Waals surface area contributed by atoms with Gasteiger partial charge in [-0.15, -0.1) is 0 Å². The molecule has 3 heterocycles. The fraction of sp³-hybridized carbons (Fsp3) is 0.500. The van der Waals surface area contributed by atoms with E-state index in [0.29, 0.717) is 17.6 Å². The van der Waals surface area contributed by atoms with Gasteiger partial charge in [-0.25, -0.2) is 0 Å². The molecule has 0 bridgehead atoms. The number of fused-ring (bicyclic) bond motifs is 1. The number of benzene rings is 1.